The number of carbonyl (C=O) groups excluding carboxylic acids is 2. The number of allylic oxidation sites excluding steroid dienone is 2. The Balaban J connectivity index is 1.38. The van der Waals surface area contributed by atoms with Crippen LogP contribution in [0.1, 0.15) is 72.9 Å². The van der Waals surface area contributed by atoms with Crippen molar-refractivity contribution in [1.29, 1.82) is 0 Å². The molecular formula is C33H39N3O4. The SMILES string of the molecule is COCCN1Cc2cc(-c3cc(C4=NN(C5CCCCCC5)C(=O)[C@@H]5CC=CC[C@H]45)ccc3OC)ccc2C1=O. The van der Waals surface area contributed by atoms with Crippen molar-refractivity contribution in [3.05, 3.63) is 65.2 Å². The number of benzene rings is 2. The third kappa shape index (κ3) is 4.96. The van der Waals surface area contributed by atoms with E-state index in [0.29, 0.717) is 19.7 Å². The number of nitrogens with zero attached hydrogens (tertiary/aromatic N) is 3. The quantitative estimate of drug-likeness (QED) is 0.327. The minimum absolute atomic E-state index is 0.0514. The number of methoxy groups -OCH3 is 2. The van der Waals surface area contributed by atoms with Crippen molar-refractivity contribution in [3.8, 4) is 16.9 Å². The van der Waals surface area contributed by atoms with E-state index < -0.39 is 0 Å². The Hall–Kier alpha value is -3.45. The molecule has 1 saturated carbocycles. The van der Waals surface area contributed by atoms with Crippen LogP contribution in [-0.2, 0) is 16.1 Å². The van der Waals surface area contributed by atoms with Gasteiger partial charge in [0.15, 0.2) is 0 Å². The summed E-state index contributed by atoms with van der Waals surface area (Å²) < 4.78 is 11.0. The van der Waals surface area contributed by atoms with Crippen molar-refractivity contribution in [2.75, 3.05) is 27.4 Å². The molecule has 210 valence electrons. The number of ether oxygens (including phenoxy) is 2. The third-order valence-corrected chi connectivity index (χ3v) is 9.07. The van der Waals surface area contributed by atoms with Crippen LogP contribution in [0.2, 0.25) is 0 Å². The summed E-state index contributed by atoms with van der Waals surface area (Å²) in [6, 6.07) is 12.5. The highest BCUT2D eigenvalue weighted by Crippen LogP contribution is 2.40. The molecule has 2 aliphatic carbocycles. The Bertz CT molecular complexity index is 1340. The summed E-state index contributed by atoms with van der Waals surface area (Å²) in [7, 11) is 3.34. The molecule has 0 N–H and O–H groups in total. The van der Waals surface area contributed by atoms with Crippen LogP contribution in [-0.4, -0.2) is 60.8 Å². The van der Waals surface area contributed by atoms with Gasteiger partial charge in [-0.25, -0.2) is 5.01 Å². The predicted octanol–water partition coefficient (Wildman–Crippen LogP) is 5.82. The molecule has 6 rings (SSSR count). The number of hydrazone groups is 1. The van der Waals surface area contributed by atoms with E-state index in [1.807, 2.05) is 28.1 Å². The fourth-order valence-corrected chi connectivity index (χ4v) is 6.86. The van der Waals surface area contributed by atoms with Gasteiger partial charge in [0.1, 0.15) is 5.75 Å². The van der Waals surface area contributed by atoms with Crippen LogP contribution in [0.3, 0.4) is 0 Å². The number of amides is 2. The standard InChI is InChI=1S/C33H39N3O4/c1-39-18-17-35-21-24-19-22(13-15-26(24)32(35)37)29-20-23(14-16-30(29)40-2)31-27-11-7-8-12-28(27)33(38)36(34-31)25-9-5-3-4-6-10-25/h7-8,13-16,19-20,25,27-28H,3-6,9-12,17-18,21H2,1-2H3/t27-,28+/m0/s1. The maximum absolute atomic E-state index is 13.7. The van der Waals surface area contributed by atoms with Gasteiger partial charge in [0.2, 0.25) is 5.91 Å². The molecule has 2 heterocycles. The summed E-state index contributed by atoms with van der Waals surface area (Å²) >= 11 is 0. The molecule has 4 aliphatic rings. The van der Waals surface area contributed by atoms with E-state index >= 15 is 0 Å². The smallest absolute Gasteiger partial charge is 0.254 e. The molecule has 0 bridgehead atoms. The normalized spacial score (nSPS) is 23.1. The van der Waals surface area contributed by atoms with E-state index in [0.717, 1.165) is 77.8 Å². The number of carbonyl (C=O) groups is 2. The molecule has 7 nitrogen and oxygen atoms in total. The van der Waals surface area contributed by atoms with Gasteiger partial charge in [-0.2, -0.15) is 5.10 Å². The van der Waals surface area contributed by atoms with E-state index in [4.69, 9.17) is 14.6 Å². The van der Waals surface area contributed by atoms with Gasteiger partial charge in [-0.05, 0) is 72.7 Å². The van der Waals surface area contributed by atoms with Crippen molar-refractivity contribution in [2.24, 2.45) is 16.9 Å². The topological polar surface area (TPSA) is 71.4 Å². The zero-order valence-electron chi connectivity index (χ0n) is 23.6. The van der Waals surface area contributed by atoms with Gasteiger partial charge >= 0.3 is 0 Å². The van der Waals surface area contributed by atoms with Crippen molar-refractivity contribution in [3.63, 3.8) is 0 Å². The van der Waals surface area contributed by atoms with Crippen molar-refractivity contribution < 1.29 is 19.1 Å². The van der Waals surface area contributed by atoms with E-state index in [2.05, 4.69) is 30.4 Å². The highest BCUT2D eigenvalue weighted by atomic mass is 16.5. The lowest BCUT2D eigenvalue weighted by Crippen LogP contribution is -2.49. The van der Waals surface area contributed by atoms with Crippen LogP contribution in [0.15, 0.2) is 53.7 Å². The maximum atomic E-state index is 13.7. The van der Waals surface area contributed by atoms with Crippen LogP contribution in [0.5, 0.6) is 5.75 Å². The molecule has 0 spiro atoms. The Morgan fingerprint density at radius 2 is 1.62 bits per heavy atom. The first-order valence-electron chi connectivity index (χ1n) is 14.8. The molecule has 0 aromatic heterocycles. The van der Waals surface area contributed by atoms with E-state index in [9.17, 15) is 9.59 Å². The maximum Gasteiger partial charge on any atom is 0.254 e. The molecule has 2 atom stereocenters. The Kier molecular flexibility index (Phi) is 7.74. The predicted molar refractivity (Wildman–Crippen MR) is 155 cm³/mol. The van der Waals surface area contributed by atoms with Gasteiger partial charge in [0, 0.05) is 37.2 Å². The minimum Gasteiger partial charge on any atom is -0.496 e. The van der Waals surface area contributed by atoms with Crippen molar-refractivity contribution in [1.82, 2.24) is 9.91 Å². The lowest BCUT2D eigenvalue weighted by molar-refractivity contribution is -0.140. The monoisotopic (exact) mass is 541 g/mol. The van der Waals surface area contributed by atoms with Crippen LogP contribution < -0.4 is 4.74 Å². The van der Waals surface area contributed by atoms with Crippen LogP contribution >= 0.6 is 0 Å². The fraction of sp³-hybridized carbons (Fsp3) is 0.485. The lowest BCUT2D eigenvalue weighted by atomic mass is 9.76. The number of hydrogen-bond acceptors (Lipinski definition) is 5. The molecule has 2 aliphatic heterocycles. The highest BCUT2D eigenvalue weighted by Gasteiger charge is 2.42. The second-order valence-electron chi connectivity index (χ2n) is 11.5. The van der Waals surface area contributed by atoms with Gasteiger partial charge in [0.25, 0.3) is 5.91 Å². The first-order valence-corrected chi connectivity index (χ1v) is 14.8. The molecule has 40 heavy (non-hydrogen) atoms. The number of rotatable bonds is 7. The van der Waals surface area contributed by atoms with Crippen molar-refractivity contribution >= 4 is 17.5 Å². The molecule has 0 unspecified atom stereocenters. The average molecular weight is 542 g/mol. The summed E-state index contributed by atoms with van der Waals surface area (Å²) in [6.07, 6.45) is 12.8. The molecular weight excluding hydrogens is 502 g/mol. The number of hydrogen-bond donors (Lipinski definition) is 0. The Morgan fingerprint density at radius 1 is 0.875 bits per heavy atom. The molecule has 0 saturated heterocycles. The zero-order valence-corrected chi connectivity index (χ0v) is 23.6. The third-order valence-electron chi connectivity index (χ3n) is 9.07. The van der Waals surface area contributed by atoms with Gasteiger partial charge in [-0.15, -0.1) is 0 Å². The van der Waals surface area contributed by atoms with Crippen LogP contribution in [0.25, 0.3) is 11.1 Å². The Morgan fingerprint density at radius 3 is 2.38 bits per heavy atom. The largest absolute Gasteiger partial charge is 0.496 e. The fourth-order valence-electron chi connectivity index (χ4n) is 6.86. The van der Waals surface area contributed by atoms with Gasteiger partial charge in [-0.3, -0.25) is 9.59 Å². The second kappa shape index (κ2) is 11.6. The lowest BCUT2D eigenvalue weighted by Gasteiger charge is -2.40. The minimum atomic E-state index is -0.0598. The summed E-state index contributed by atoms with van der Waals surface area (Å²) in [4.78, 5) is 28.4. The van der Waals surface area contributed by atoms with E-state index in [1.54, 1.807) is 14.2 Å². The molecule has 7 heteroatoms. The summed E-state index contributed by atoms with van der Waals surface area (Å²) in [5.41, 5.74) is 5.78. The molecule has 0 radical (unpaired) electrons. The molecule has 2 aromatic carbocycles. The van der Waals surface area contributed by atoms with Gasteiger partial charge in [0.05, 0.1) is 31.4 Å². The van der Waals surface area contributed by atoms with Crippen LogP contribution in [0.4, 0.5) is 0 Å². The van der Waals surface area contributed by atoms with Crippen LogP contribution in [0, 0.1) is 11.8 Å². The first-order chi connectivity index (χ1) is 19.6. The summed E-state index contributed by atoms with van der Waals surface area (Å²) in [5, 5.41) is 7.00. The molecule has 1 fully saturated rings. The number of fused-ring (bicyclic) bond motifs is 2. The van der Waals surface area contributed by atoms with Gasteiger partial charge in [-0.1, -0.05) is 43.9 Å². The first kappa shape index (κ1) is 26.8. The van der Waals surface area contributed by atoms with Gasteiger partial charge < -0.3 is 14.4 Å². The summed E-state index contributed by atoms with van der Waals surface area (Å²) in [6.45, 7) is 1.67. The zero-order chi connectivity index (χ0) is 27.6. The average Bonchev–Trinajstić information content (AvgIpc) is 3.13. The summed E-state index contributed by atoms with van der Waals surface area (Å²) in [5.74, 6) is 1.04. The molecule has 2 amide bonds. The second-order valence-corrected chi connectivity index (χ2v) is 11.5. The van der Waals surface area contributed by atoms with E-state index in [1.165, 1.54) is 12.8 Å². The molecule has 2 aromatic rings. The highest BCUT2D eigenvalue weighted by molar-refractivity contribution is 6.08. The van der Waals surface area contributed by atoms with Crippen molar-refractivity contribution in [2.45, 2.75) is 64.0 Å². The Labute approximate surface area is 236 Å². The van der Waals surface area contributed by atoms with E-state index in [-0.39, 0.29) is 29.7 Å².